The summed E-state index contributed by atoms with van der Waals surface area (Å²) in [5, 5.41) is 9.50. The van der Waals surface area contributed by atoms with Gasteiger partial charge in [-0.25, -0.2) is 0 Å². The Morgan fingerprint density at radius 3 is 2.82 bits per heavy atom. The molecule has 0 aliphatic heterocycles. The SMILES string of the molecule is CCOC(=O)CC#Cc1ccc(OC)c(O)c1. The first kappa shape index (κ1) is 12.9. The molecule has 0 bridgehead atoms. The summed E-state index contributed by atoms with van der Waals surface area (Å²) in [6.07, 6.45) is 0.0423. The Morgan fingerprint density at radius 2 is 2.24 bits per heavy atom. The summed E-state index contributed by atoms with van der Waals surface area (Å²) in [5.41, 5.74) is 0.618. The Kier molecular flexibility index (Phi) is 4.89. The summed E-state index contributed by atoms with van der Waals surface area (Å²) >= 11 is 0. The molecule has 0 radical (unpaired) electrons. The second-order valence-electron chi connectivity index (χ2n) is 3.17. The third kappa shape index (κ3) is 4.07. The Balaban J connectivity index is 2.66. The van der Waals surface area contributed by atoms with Crippen molar-refractivity contribution in [3.63, 3.8) is 0 Å². The molecule has 0 spiro atoms. The van der Waals surface area contributed by atoms with E-state index in [2.05, 4.69) is 11.8 Å². The monoisotopic (exact) mass is 234 g/mol. The number of hydrogen-bond donors (Lipinski definition) is 1. The first-order chi connectivity index (χ1) is 8.17. The van der Waals surface area contributed by atoms with Crippen molar-refractivity contribution in [1.82, 2.24) is 0 Å². The lowest BCUT2D eigenvalue weighted by Crippen LogP contribution is -2.01. The van der Waals surface area contributed by atoms with Gasteiger partial charge in [-0.1, -0.05) is 11.8 Å². The Hall–Kier alpha value is -2.15. The molecule has 17 heavy (non-hydrogen) atoms. The molecule has 0 fully saturated rings. The van der Waals surface area contributed by atoms with E-state index in [1.165, 1.54) is 13.2 Å². The molecule has 90 valence electrons. The standard InChI is InChI=1S/C13H14O4/c1-3-17-13(15)6-4-5-10-7-8-12(16-2)11(14)9-10/h7-9,14H,3,6H2,1-2H3. The van der Waals surface area contributed by atoms with Gasteiger partial charge in [-0.3, -0.25) is 4.79 Å². The highest BCUT2D eigenvalue weighted by Gasteiger charge is 2.00. The van der Waals surface area contributed by atoms with Crippen molar-refractivity contribution in [2.24, 2.45) is 0 Å². The van der Waals surface area contributed by atoms with Gasteiger partial charge in [0.2, 0.25) is 0 Å². The van der Waals surface area contributed by atoms with E-state index in [1.807, 2.05) is 0 Å². The van der Waals surface area contributed by atoms with Crippen LogP contribution in [0.1, 0.15) is 18.9 Å². The normalized spacial score (nSPS) is 9.06. The Morgan fingerprint density at radius 1 is 1.47 bits per heavy atom. The topological polar surface area (TPSA) is 55.8 Å². The molecule has 0 amide bonds. The molecule has 1 N–H and O–H groups in total. The minimum Gasteiger partial charge on any atom is -0.504 e. The van der Waals surface area contributed by atoms with Gasteiger partial charge in [-0.05, 0) is 25.1 Å². The summed E-state index contributed by atoms with van der Waals surface area (Å²) in [6, 6.07) is 4.80. The summed E-state index contributed by atoms with van der Waals surface area (Å²) in [6.45, 7) is 2.09. The fourth-order valence-electron chi connectivity index (χ4n) is 1.20. The second kappa shape index (κ2) is 6.44. The van der Waals surface area contributed by atoms with Crippen molar-refractivity contribution in [1.29, 1.82) is 0 Å². The van der Waals surface area contributed by atoms with Crippen LogP contribution < -0.4 is 4.74 Å². The van der Waals surface area contributed by atoms with Gasteiger partial charge in [0.15, 0.2) is 11.5 Å². The first-order valence-corrected chi connectivity index (χ1v) is 5.19. The third-order valence-corrected chi connectivity index (χ3v) is 1.95. The van der Waals surface area contributed by atoms with Gasteiger partial charge in [-0.2, -0.15) is 0 Å². The number of hydrogen-bond acceptors (Lipinski definition) is 4. The van der Waals surface area contributed by atoms with Crippen molar-refractivity contribution in [3.8, 4) is 23.3 Å². The second-order valence-corrected chi connectivity index (χ2v) is 3.17. The lowest BCUT2D eigenvalue weighted by molar-refractivity contribution is -0.141. The maximum absolute atomic E-state index is 11.0. The molecule has 0 aliphatic rings. The fourth-order valence-corrected chi connectivity index (χ4v) is 1.20. The molecule has 1 aromatic carbocycles. The van der Waals surface area contributed by atoms with Crippen molar-refractivity contribution >= 4 is 5.97 Å². The van der Waals surface area contributed by atoms with E-state index in [0.29, 0.717) is 17.9 Å². The van der Waals surface area contributed by atoms with Gasteiger partial charge in [0, 0.05) is 5.56 Å². The number of methoxy groups -OCH3 is 1. The number of phenols is 1. The highest BCUT2D eigenvalue weighted by Crippen LogP contribution is 2.25. The molecule has 0 aliphatic carbocycles. The Labute approximate surface area is 100 Å². The maximum Gasteiger partial charge on any atom is 0.317 e. The van der Waals surface area contributed by atoms with E-state index in [0.717, 1.165) is 0 Å². The minimum absolute atomic E-state index is 0.0236. The number of carbonyl (C=O) groups is 1. The van der Waals surface area contributed by atoms with Crippen LogP contribution in [-0.4, -0.2) is 24.8 Å². The number of carbonyl (C=O) groups excluding carboxylic acids is 1. The van der Waals surface area contributed by atoms with Crippen LogP contribution in [0.5, 0.6) is 11.5 Å². The van der Waals surface area contributed by atoms with Crippen LogP contribution in [0.3, 0.4) is 0 Å². The first-order valence-electron chi connectivity index (χ1n) is 5.19. The number of aromatic hydroxyl groups is 1. The summed E-state index contributed by atoms with van der Waals surface area (Å²) in [4.78, 5) is 11.0. The number of phenolic OH excluding ortho intramolecular Hbond substituents is 1. The highest BCUT2D eigenvalue weighted by molar-refractivity contribution is 5.72. The van der Waals surface area contributed by atoms with Crippen molar-refractivity contribution in [2.45, 2.75) is 13.3 Å². The summed E-state index contributed by atoms with van der Waals surface area (Å²) in [7, 11) is 1.47. The third-order valence-electron chi connectivity index (χ3n) is 1.95. The van der Waals surface area contributed by atoms with E-state index in [1.54, 1.807) is 19.1 Å². The van der Waals surface area contributed by atoms with Crippen LogP contribution in [-0.2, 0) is 9.53 Å². The van der Waals surface area contributed by atoms with Gasteiger partial charge in [-0.15, -0.1) is 0 Å². The van der Waals surface area contributed by atoms with E-state index >= 15 is 0 Å². The van der Waals surface area contributed by atoms with Gasteiger partial charge >= 0.3 is 5.97 Å². The van der Waals surface area contributed by atoms with E-state index in [4.69, 9.17) is 9.47 Å². The molecule has 4 heteroatoms. The van der Waals surface area contributed by atoms with Crippen molar-refractivity contribution in [2.75, 3.05) is 13.7 Å². The molecule has 4 nitrogen and oxygen atoms in total. The molecule has 1 rings (SSSR count). The molecular weight excluding hydrogens is 220 g/mol. The van der Waals surface area contributed by atoms with E-state index in [-0.39, 0.29) is 18.1 Å². The minimum atomic E-state index is -0.349. The van der Waals surface area contributed by atoms with Crippen LogP contribution in [0.25, 0.3) is 0 Å². The average molecular weight is 234 g/mol. The largest absolute Gasteiger partial charge is 0.504 e. The van der Waals surface area contributed by atoms with Crippen LogP contribution in [0.2, 0.25) is 0 Å². The quantitative estimate of drug-likeness (QED) is 0.639. The Bertz CT molecular complexity index is 454. The van der Waals surface area contributed by atoms with Gasteiger partial charge in [0.1, 0.15) is 6.42 Å². The predicted molar refractivity (Wildman–Crippen MR) is 62.8 cm³/mol. The smallest absolute Gasteiger partial charge is 0.317 e. The molecule has 0 saturated carbocycles. The molecule has 1 aromatic rings. The van der Waals surface area contributed by atoms with Gasteiger partial charge in [0.25, 0.3) is 0 Å². The zero-order valence-electron chi connectivity index (χ0n) is 9.82. The fraction of sp³-hybridized carbons (Fsp3) is 0.308. The van der Waals surface area contributed by atoms with E-state index in [9.17, 15) is 9.90 Å². The zero-order valence-corrected chi connectivity index (χ0v) is 9.82. The van der Waals surface area contributed by atoms with Crippen LogP contribution in [0.4, 0.5) is 0 Å². The van der Waals surface area contributed by atoms with Crippen LogP contribution in [0.15, 0.2) is 18.2 Å². The summed E-state index contributed by atoms with van der Waals surface area (Å²) in [5.74, 6) is 5.50. The lowest BCUT2D eigenvalue weighted by Gasteiger charge is -2.02. The van der Waals surface area contributed by atoms with Crippen molar-refractivity contribution < 1.29 is 19.4 Å². The number of benzene rings is 1. The molecule has 0 aromatic heterocycles. The molecule has 0 saturated heterocycles. The van der Waals surface area contributed by atoms with Gasteiger partial charge < -0.3 is 14.6 Å². The number of rotatable bonds is 3. The van der Waals surface area contributed by atoms with Gasteiger partial charge in [0.05, 0.1) is 13.7 Å². The zero-order chi connectivity index (χ0) is 12.7. The maximum atomic E-state index is 11.0. The van der Waals surface area contributed by atoms with Crippen molar-refractivity contribution in [3.05, 3.63) is 23.8 Å². The molecule has 0 heterocycles. The van der Waals surface area contributed by atoms with Crippen LogP contribution >= 0.6 is 0 Å². The summed E-state index contributed by atoms with van der Waals surface area (Å²) < 4.78 is 9.63. The number of esters is 1. The highest BCUT2D eigenvalue weighted by atomic mass is 16.5. The molecular formula is C13H14O4. The lowest BCUT2D eigenvalue weighted by atomic mass is 10.2. The predicted octanol–water partition coefficient (Wildman–Crippen LogP) is 1.71. The number of ether oxygens (including phenoxy) is 2. The molecule has 0 unspecified atom stereocenters. The molecule has 0 atom stereocenters. The van der Waals surface area contributed by atoms with E-state index < -0.39 is 0 Å². The van der Waals surface area contributed by atoms with Crippen LogP contribution in [0, 0.1) is 11.8 Å². The average Bonchev–Trinajstić information content (AvgIpc) is 2.29.